The summed E-state index contributed by atoms with van der Waals surface area (Å²) in [7, 11) is -3.84. The summed E-state index contributed by atoms with van der Waals surface area (Å²) in [5.41, 5.74) is 1.62. The summed E-state index contributed by atoms with van der Waals surface area (Å²) < 4.78 is 23.2. The number of carbonyl (C=O) groups is 1. The van der Waals surface area contributed by atoms with Gasteiger partial charge in [-0.2, -0.15) is 0 Å². The fraction of sp³-hybridized carbons (Fsp3) is 0.533. The van der Waals surface area contributed by atoms with Crippen molar-refractivity contribution in [2.45, 2.75) is 52.0 Å². The van der Waals surface area contributed by atoms with Crippen LogP contribution in [0.15, 0.2) is 17.0 Å². The first-order chi connectivity index (χ1) is 9.57. The first-order valence-corrected chi connectivity index (χ1v) is 8.57. The number of rotatable bonds is 5. The molecule has 1 atom stereocenters. The molecule has 1 aromatic carbocycles. The van der Waals surface area contributed by atoms with Crippen LogP contribution in [-0.4, -0.2) is 20.4 Å². The fourth-order valence-electron chi connectivity index (χ4n) is 2.25. The highest BCUT2D eigenvalue weighted by Crippen LogP contribution is 2.20. The van der Waals surface area contributed by atoms with Crippen LogP contribution in [-0.2, 0) is 10.0 Å². The van der Waals surface area contributed by atoms with Crippen LogP contribution >= 0.6 is 0 Å². The van der Waals surface area contributed by atoms with Gasteiger partial charge in [0.1, 0.15) is 0 Å². The van der Waals surface area contributed by atoms with Gasteiger partial charge >= 0.3 is 0 Å². The van der Waals surface area contributed by atoms with Crippen molar-refractivity contribution >= 4 is 15.9 Å². The summed E-state index contributed by atoms with van der Waals surface area (Å²) in [6, 6.07) is 3.09. The van der Waals surface area contributed by atoms with Gasteiger partial charge in [-0.15, -0.1) is 0 Å². The van der Waals surface area contributed by atoms with Gasteiger partial charge in [0.25, 0.3) is 5.91 Å². The first-order valence-electron chi connectivity index (χ1n) is 7.02. The van der Waals surface area contributed by atoms with Gasteiger partial charge in [0, 0.05) is 11.6 Å². The van der Waals surface area contributed by atoms with Crippen LogP contribution < -0.4 is 10.5 Å². The van der Waals surface area contributed by atoms with E-state index < -0.39 is 10.0 Å². The monoisotopic (exact) mass is 312 g/mol. The van der Waals surface area contributed by atoms with Crippen molar-refractivity contribution in [3.05, 3.63) is 28.8 Å². The Labute approximate surface area is 127 Å². The molecule has 0 saturated carbocycles. The maximum Gasteiger partial charge on any atom is 0.251 e. The number of carbonyl (C=O) groups excluding carboxylic acids is 1. The number of sulfonamides is 1. The third-order valence-electron chi connectivity index (χ3n) is 3.75. The van der Waals surface area contributed by atoms with Crippen LogP contribution in [0.2, 0.25) is 0 Å². The largest absolute Gasteiger partial charge is 0.349 e. The van der Waals surface area contributed by atoms with E-state index in [1.54, 1.807) is 19.9 Å². The lowest BCUT2D eigenvalue weighted by molar-refractivity contribution is 0.0924. The number of amides is 1. The molecular weight excluding hydrogens is 288 g/mol. The normalized spacial score (nSPS) is 13.3. The molecule has 0 bridgehead atoms. The Bertz CT molecular complexity index is 637. The van der Waals surface area contributed by atoms with Crippen LogP contribution in [0.5, 0.6) is 0 Å². The minimum absolute atomic E-state index is 0.00486. The Morgan fingerprint density at radius 1 is 1.29 bits per heavy atom. The summed E-state index contributed by atoms with van der Waals surface area (Å²) in [6.45, 7) is 9.51. The molecule has 0 saturated heterocycles. The zero-order valence-electron chi connectivity index (χ0n) is 13.2. The van der Waals surface area contributed by atoms with Crippen LogP contribution in [0.25, 0.3) is 0 Å². The number of benzene rings is 1. The highest BCUT2D eigenvalue weighted by atomic mass is 32.2. The Morgan fingerprint density at radius 2 is 1.86 bits per heavy atom. The number of hydrogen-bond donors (Lipinski definition) is 2. The molecule has 6 heteroatoms. The average Bonchev–Trinajstić information content (AvgIpc) is 2.36. The van der Waals surface area contributed by atoms with E-state index in [-0.39, 0.29) is 16.8 Å². The summed E-state index contributed by atoms with van der Waals surface area (Å²) in [5, 5.41) is 8.14. The summed E-state index contributed by atoms with van der Waals surface area (Å²) in [6.07, 6.45) is 0.816. The van der Waals surface area contributed by atoms with E-state index in [9.17, 15) is 13.2 Å². The Hall–Kier alpha value is -1.40. The molecule has 0 spiro atoms. The topological polar surface area (TPSA) is 89.3 Å². The van der Waals surface area contributed by atoms with Crippen molar-refractivity contribution in [1.82, 2.24) is 5.32 Å². The van der Waals surface area contributed by atoms with Gasteiger partial charge in [-0.3, -0.25) is 4.79 Å². The summed E-state index contributed by atoms with van der Waals surface area (Å²) in [4.78, 5) is 12.3. The number of hydrogen-bond acceptors (Lipinski definition) is 3. The van der Waals surface area contributed by atoms with Crippen molar-refractivity contribution in [3.63, 3.8) is 0 Å². The van der Waals surface area contributed by atoms with Gasteiger partial charge in [-0.05, 0) is 49.4 Å². The van der Waals surface area contributed by atoms with E-state index in [1.165, 1.54) is 6.07 Å². The van der Waals surface area contributed by atoms with Gasteiger partial charge in [0.15, 0.2) is 0 Å². The van der Waals surface area contributed by atoms with Gasteiger partial charge in [0.2, 0.25) is 10.0 Å². The molecule has 5 nitrogen and oxygen atoms in total. The zero-order valence-corrected chi connectivity index (χ0v) is 14.0. The molecule has 21 heavy (non-hydrogen) atoms. The Kier molecular flexibility index (Phi) is 5.53. The third-order valence-corrected chi connectivity index (χ3v) is 4.79. The molecule has 0 aromatic heterocycles. The van der Waals surface area contributed by atoms with Gasteiger partial charge in [-0.25, -0.2) is 13.6 Å². The van der Waals surface area contributed by atoms with Crippen molar-refractivity contribution in [2.75, 3.05) is 0 Å². The molecule has 1 amide bonds. The van der Waals surface area contributed by atoms with Crippen molar-refractivity contribution in [3.8, 4) is 0 Å². The van der Waals surface area contributed by atoms with E-state index in [1.807, 2.05) is 20.8 Å². The van der Waals surface area contributed by atoms with Crippen LogP contribution in [0, 0.1) is 19.8 Å². The molecule has 0 radical (unpaired) electrons. The summed E-state index contributed by atoms with van der Waals surface area (Å²) in [5.74, 6) is 0.0340. The third kappa shape index (κ3) is 4.28. The second kappa shape index (κ2) is 6.58. The minimum atomic E-state index is -3.84. The van der Waals surface area contributed by atoms with E-state index in [0.717, 1.165) is 12.0 Å². The van der Waals surface area contributed by atoms with Gasteiger partial charge in [-0.1, -0.05) is 20.8 Å². The maximum atomic E-state index is 12.3. The second-order valence-corrected chi connectivity index (χ2v) is 7.22. The quantitative estimate of drug-likeness (QED) is 0.872. The SMILES string of the molecule is CCC(NC(=O)c1cc(C)c(C)c(S(N)(=O)=O)c1)C(C)C. The number of primary sulfonamides is 1. The predicted octanol–water partition coefficient (Wildman–Crippen LogP) is 2.12. The van der Waals surface area contributed by atoms with E-state index >= 15 is 0 Å². The minimum Gasteiger partial charge on any atom is -0.349 e. The highest BCUT2D eigenvalue weighted by Gasteiger charge is 2.20. The van der Waals surface area contributed by atoms with Gasteiger partial charge in [0.05, 0.1) is 4.90 Å². The lowest BCUT2D eigenvalue weighted by Gasteiger charge is -2.21. The lowest BCUT2D eigenvalue weighted by Crippen LogP contribution is -2.38. The molecule has 0 aliphatic carbocycles. The number of nitrogens with one attached hydrogen (secondary N) is 1. The van der Waals surface area contributed by atoms with Crippen molar-refractivity contribution in [1.29, 1.82) is 0 Å². The molecule has 118 valence electrons. The number of nitrogens with two attached hydrogens (primary N) is 1. The molecule has 0 aliphatic rings. The molecule has 0 aliphatic heterocycles. The first kappa shape index (κ1) is 17.7. The molecule has 3 N–H and O–H groups in total. The fourth-order valence-corrected chi connectivity index (χ4v) is 3.12. The van der Waals surface area contributed by atoms with Gasteiger partial charge < -0.3 is 5.32 Å². The second-order valence-electron chi connectivity index (χ2n) is 5.69. The van der Waals surface area contributed by atoms with Crippen molar-refractivity contribution in [2.24, 2.45) is 11.1 Å². The average molecular weight is 312 g/mol. The molecular formula is C15H24N2O3S. The molecule has 1 aromatic rings. The maximum absolute atomic E-state index is 12.3. The van der Waals surface area contributed by atoms with Crippen LogP contribution in [0.4, 0.5) is 0 Å². The molecule has 0 fully saturated rings. The molecule has 0 heterocycles. The van der Waals surface area contributed by atoms with Crippen LogP contribution in [0.3, 0.4) is 0 Å². The van der Waals surface area contributed by atoms with E-state index in [4.69, 9.17) is 5.14 Å². The van der Waals surface area contributed by atoms with E-state index in [0.29, 0.717) is 17.0 Å². The highest BCUT2D eigenvalue weighted by molar-refractivity contribution is 7.89. The molecule has 1 rings (SSSR count). The van der Waals surface area contributed by atoms with Crippen molar-refractivity contribution < 1.29 is 13.2 Å². The lowest BCUT2D eigenvalue weighted by atomic mass is 10.0. The Balaban J connectivity index is 3.20. The Morgan fingerprint density at radius 3 is 2.29 bits per heavy atom. The summed E-state index contributed by atoms with van der Waals surface area (Å²) >= 11 is 0. The van der Waals surface area contributed by atoms with Crippen LogP contribution in [0.1, 0.15) is 48.7 Å². The zero-order chi connectivity index (χ0) is 16.4. The molecule has 1 unspecified atom stereocenters. The predicted molar refractivity (Wildman–Crippen MR) is 83.7 cm³/mol. The number of aryl methyl sites for hydroxylation is 1. The smallest absolute Gasteiger partial charge is 0.251 e. The van der Waals surface area contributed by atoms with E-state index in [2.05, 4.69) is 5.32 Å². The standard InChI is InChI=1S/C15H24N2O3S/c1-6-13(9(2)3)17-15(18)12-7-10(4)11(5)14(8-12)21(16,19)20/h7-9,13H,6H2,1-5H3,(H,17,18)(H2,16,19,20).